The van der Waals surface area contributed by atoms with E-state index in [0.29, 0.717) is 17.1 Å². The van der Waals surface area contributed by atoms with Gasteiger partial charge < -0.3 is 10.6 Å². The highest BCUT2D eigenvalue weighted by molar-refractivity contribution is 7.80. The molecule has 3 rings (SSSR count). The Morgan fingerprint density at radius 3 is 2.56 bits per heavy atom. The Kier molecular flexibility index (Phi) is 5.34. The number of nitrogens with one attached hydrogen (secondary N) is 3. The van der Waals surface area contributed by atoms with E-state index in [4.69, 9.17) is 23.8 Å². The highest BCUT2D eigenvalue weighted by atomic mass is 35.5. The van der Waals surface area contributed by atoms with Crippen molar-refractivity contribution in [3.8, 4) is 0 Å². The van der Waals surface area contributed by atoms with Crippen LogP contribution in [0.5, 0.6) is 0 Å². The summed E-state index contributed by atoms with van der Waals surface area (Å²) in [5.74, 6) is -0.409. The SMILES string of the molecule is CC[C@@]1(c2ccccc2)NC(=O)N(NC(=S)Nc2cccc(Cl)c2C)C1=O. The molecule has 1 saturated heterocycles. The van der Waals surface area contributed by atoms with Crippen LogP contribution in [0, 0.1) is 6.92 Å². The molecule has 0 aliphatic carbocycles. The van der Waals surface area contributed by atoms with Crippen LogP contribution in [0.3, 0.4) is 0 Å². The summed E-state index contributed by atoms with van der Waals surface area (Å²) in [6, 6.07) is 14.0. The Balaban J connectivity index is 1.79. The number of imide groups is 1. The fraction of sp³-hybridized carbons (Fsp3) is 0.211. The summed E-state index contributed by atoms with van der Waals surface area (Å²) in [4.78, 5) is 25.5. The molecule has 1 fully saturated rings. The summed E-state index contributed by atoms with van der Waals surface area (Å²) >= 11 is 11.4. The minimum atomic E-state index is -1.12. The third-order valence-corrected chi connectivity index (χ3v) is 5.22. The smallest absolute Gasteiger partial charge is 0.331 e. The largest absolute Gasteiger partial charge is 0.344 e. The molecule has 1 heterocycles. The van der Waals surface area contributed by atoms with Crippen LogP contribution in [0.25, 0.3) is 0 Å². The molecule has 0 saturated carbocycles. The van der Waals surface area contributed by atoms with E-state index in [1.165, 1.54) is 0 Å². The predicted octanol–water partition coefficient (Wildman–Crippen LogP) is 3.71. The van der Waals surface area contributed by atoms with Gasteiger partial charge in [0.2, 0.25) is 0 Å². The van der Waals surface area contributed by atoms with Crippen molar-refractivity contribution in [3.05, 3.63) is 64.7 Å². The Labute approximate surface area is 167 Å². The number of hydrogen-bond donors (Lipinski definition) is 3. The van der Waals surface area contributed by atoms with Crippen LogP contribution in [0.15, 0.2) is 48.5 Å². The van der Waals surface area contributed by atoms with Crippen LogP contribution in [-0.2, 0) is 10.3 Å². The lowest BCUT2D eigenvalue weighted by Gasteiger charge is -2.26. The van der Waals surface area contributed by atoms with Crippen molar-refractivity contribution >= 4 is 46.6 Å². The number of rotatable bonds is 4. The van der Waals surface area contributed by atoms with Crippen LogP contribution < -0.4 is 16.1 Å². The monoisotopic (exact) mass is 402 g/mol. The van der Waals surface area contributed by atoms with Gasteiger partial charge in [0.25, 0.3) is 5.91 Å². The molecule has 3 N–H and O–H groups in total. The van der Waals surface area contributed by atoms with Gasteiger partial charge in [-0.2, -0.15) is 5.01 Å². The minimum absolute atomic E-state index is 0.115. The summed E-state index contributed by atoms with van der Waals surface area (Å²) in [5.41, 5.74) is 3.79. The number of amides is 3. The van der Waals surface area contributed by atoms with Gasteiger partial charge in [0.15, 0.2) is 5.11 Å². The van der Waals surface area contributed by atoms with Gasteiger partial charge in [-0.05, 0) is 48.8 Å². The number of thiocarbonyl (C=S) groups is 1. The topological polar surface area (TPSA) is 73.5 Å². The molecule has 0 bridgehead atoms. The van der Waals surface area contributed by atoms with E-state index in [9.17, 15) is 9.59 Å². The van der Waals surface area contributed by atoms with E-state index >= 15 is 0 Å². The van der Waals surface area contributed by atoms with Gasteiger partial charge in [0.1, 0.15) is 5.54 Å². The zero-order valence-electron chi connectivity index (χ0n) is 14.9. The molecular formula is C19H19ClN4O2S. The van der Waals surface area contributed by atoms with Gasteiger partial charge in [-0.25, -0.2) is 4.79 Å². The first-order chi connectivity index (χ1) is 12.9. The van der Waals surface area contributed by atoms with Crippen molar-refractivity contribution in [2.24, 2.45) is 0 Å². The van der Waals surface area contributed by atoms with Gasteiger partial charge in [0, 0.05) is 10.7 Å². The Bertz CT molecular complexity index is 906. The van der Waals surface area contributed by atoms with Gasteiger partial charge >= 0.3 is 6.03 Å². The highest BCUT2D eigenvalue weighted by Gasteiger charge is 2.51. The summed E-state index contributed by atoms with van der Waals surface area (Å²) in [5, 5.41) is 7.37. The van der Waals surface area contributed by atoms with E-state index < -0.39 is 17.5 Å². The number of benzene rings is 2. The molecule has 6 nitrogen and oxygen atoms in total. The number of urea groups is 1. The molecule has 8 heteroatoms. The lowest BCUT2D eigenvalue weighted by Crippen LogP contribution is -2.49. The first-order valence-electron chi connectivity index (χ1n) is 8.44. The van der Waals surface area contributed by atoms with Crippen molar-refractivity contribution in [2.45, 2.75) is 25.8 Å². The standard InChI is InChI=1S/C19H19ClN4O2S/c1-3-19(13-8-5-4-6-9-13)16(25)24(18(26)22-19)23-17(27)21-15-11-7-10-14(20)12(15)2/h4-11H,3H2,1-2H3,(H,22,26)(H2,21,23,27)/t19-/m0/s1. The quantitative estimate of drug-likeness (QED) is 0.537. The number of anilines is 1. The molecule has 0 spiro atoms. The zero-order valence-corrected chi connectivity index (χ0v) is 16.4. The second-order valence-corrected chi connectivity index (χ2v) is 6.99. The molecule has 2 aromatic carbocycles. The Morgan fingerprint density at radius 2 is 1.89 bits per heavy atom. The number of halogens is 1. The number of hydrazine groups is 1. The molecule has 140 valence electrons. The lowest BCUT2D eigenvalue weighted by atomic mass is 9.87. The molecule has 0 radical (unpaired) electrons. The van der Waals surface area contributed by atoms with Crippen LogP contribution in [0.1, 0.15) is 24.5 Å². The van der Waals surface area contributed by atoms with Gasteiger partial charge in [-0.15, -0.1) is 0 Å². The number of hydrogen-bond acceptors (Lipinski definition) is 3. The molecule has 0 aromatic heterocycles. The normalized spacial score (nSPS) is 19.0. The van der Waals surface area contributed by atoms with Crippen molar-refractivity contribution in [1.29, 1.82) is 0 Å². The van der Waals surface area contributed by atoms with Crippen LogP contribution in [0.2, 0.25) is 5.02 Å². The summed E-state index contributed by atoms with van der Waals surface area (Å²) in [6.45, 7) is 3.69. The molecule has 2 aromatic rings. The van der Waals surface area contributed by atoms with Crippen LogP contribution in [-0.4, -0.2) is 22.1 Å². The maximum absolute atomic E-state index is 13.0. The van der Waals surface area contributed by atoms with E-state index in [-0.39, 0.29) is 5.11 Å². The van der Waals surface area contributed by atoms with Gasteiger partial charge in [0.05, 0.1) is 0 Å². The Morgan fingerprint density at radius 1 is 1.19 bits per heavy atom. The van der Waals surface area contributed by atoms with E-state index in [1.807, 2.05) is 44.2 Å². The highest BCUT2D eigenvalue weighted by Crippen LogP contribution is 2.31. The van der Waals surface area contributed by atoms with Crippen LogP contribution >= 0.6 is 23.8 Å². The van der Waals surface area contributed by atoms with Crippen molar-refractivity contribution in [3.63, 3.8) is 0 Å². The van der Waals surface area contributed by atoms with E-state index in [0.717, 1.165) is 16.1 Å². The van der Waals surface area contributed by atoms with Crippen molar-refractivity contribution in [2.75, 3.05) is 5.32 Å². The first kappa shape index (κ1) is 19.1. The Hall–Kier alpha value is -2.64. The molecular weight excluding hydrogens is 384 g/mol. The van der Waals surface area contributed by atoms with E-state index in [1.54, 1.807) is 18.2 Å². The molecule has 27 heavy (non-hydrogen) atoms. The summed E-state index contributed by atoms with van der Waals surface area (Å²) in [7, 11) is 0. The molecule has 1 aliphatic rings. The predicted molar refractivity (Wildman–Crippen MR) is 109 cm³/mol. The first-order valence-corrected chi connectivity index (χ1v) is 9.22. The minimum Gasteiger partial charge on any atom is -0.331 e. The molecule has 3 amide bonds. The second kappa shape index (κ2) is 7.54. The fourth-order valence-corrected chi connectivity index (χ4v) is 3.41. The molecule has 0 unspecified atom stereocenters. The van der Waals surface area contributed by atoms with Crippen molar-refractivity contribution < 1.29 is 9.59 Å². The molecule has 1 atom stereocenters. The summed E-state index contributed by atoms with van der Waals surface area (Å²) in [6.07, 6.45) is 0.410. The maximum Gasteiger partial charge on any atom is 0.344 e. The second-order valence-electron chi connectivity index (χ2n) is 6.17. The maximum atomic E-state index is 13.0. The average molecular weight is 403 g/mol. The summed E-state index contributed by atoms with van der Waals surface area (Å²) < 4.78 is 0. The number of carbonyl (C=O) groups is 2. The third-order valence-electron chi connectivity index (χ3n) is 4.62. The van der Waals surface area contributed by atoms with Gasteiger partial charge in [-0.3, -0.25) is 10.2 Å². The van der Waals surface area contributed by atoms with Crippen molar-refractivity contribution in [1.82, 2.24) is 15.8 Å². The number of carbonyl (C=O) groups excluding carboxylic acids is 2. The third kappa shape index (κ3) is 3.48. The lowest BCUT2D eigenvalue weighted by molar-refractivity contribution is -0.133. The number of nitrogens with zero attached hydrogens (tertiary/aromatic N) is 1. The van der Waals surface area contributed by atoms with E-state index in [2.05, 4.69) is 16.1 Å². The van der Waals surface area contributed by atoms with Crippen LogP contribution in [0.4, 0.5) is 10.5 Å². The van der Waals surface area contributed by atoms with Gasteiger partial charge in [-0.1, -0.05) is 54.9 Å². The fourth-order valence-electron chi connectivity index (χ4n) is 3.03. The molecule has 1 aliphatic heterocycles. The zero-order chi connectivity index (χ0) is 19.6. The average Bonchev–Trinajstić information content (AvgIpc) is 2.91.